The fourth-order valence-electron chi connectivity index (χ4n) is 3.30. The predicted octanol–water partition coefficient (Wildman–Crippen LogP) is 4.43. The Hall–Kier alpha value is -2.59. The maximum atomic E-state index is 12.2. The maximum Gasteiger partial charge on any atom is 0.225 e. The number of pyridine rings is 1. The molecule has 0 spiro atoms. The van der Waals surface area contributed by atoms with E-state index in [2.05, 4.69) is 17.4 Å². The van der Waals surface area contributed by atoms with Gasteiger partial charge in [0.15, 0.2) is 0 Å². The number of halogens is 1. The van der Waals surface area contributed by atoms with Crippen LogP contribution in [0.2, 0.25) is 5.02 Å². The third-order valence-electron chi connectivity index (χ3n) is 4.62. The maximum absolute atomic E-state index is 12.2. The average molecular weight is 352 g/mol. The SMILES string of the molecule is CN(C)c1ccc2c(c1)NC(=O)CC2c1ccc2cc(Cl)ccc2n1. The van der Waals surface area contributed by atoms with Gasteiger partial charge in [0.1, 0.15) is 0 Å². The second kappa shape index (κ2) is 6.05. The monoisotopic (exact) mass is 351 g/mol. The van der Waals surface area contributed by atoms with Crippen molar-refractivity contribution in [2.24, 2.45) is 0 Å². The minimum absolute atomic E-state index is 0.0198. The van der Waals surface area contributed by atoms with Crippen molar-refractivity contribution in [1.82, 2.24) is 4.98 Å². The number of anilines is 2. The highest BCUT2D eigenvalue weighted by atomic mass is 35.5. The van der Waals surface area contributed by atoms with Gasteiger partial charge in [-0.2, -0.15) is 0 Å². The molecule has 1 atom stereocenters. The van der Waals surface area contributed by atoms with Gasteiger partial charge in [-0.25, -0.2) is 0 Å². The van der Waals surface area contributed by atoms with Gasteiger partial charge in [-0.05, 0) is 42.0 Å². The van der Waals surface area contributed by atoms with Crippen LogP contribution in [0.3, 0.4) is 0 Å². The second-order valence-corrected chi connectivity index (χ2v) is 6.98. The first-order chi connectivity index (χ1) is 12.0. The van der Waals surface area contributed by atoms with Crippen molar-refractivity contribution in [2.75, 3.05) is 24.3 Å². The summed E-state index contributed by atoms with van der Waals surface area (Å²) in [7, 11) is 3.97. The van der Waals surface area contributed by atoms with E-state index in [1.165, 1.54) is 0 Å². The first-order valence-electron chi connectivity index (χ1n) is 8.18. The Bertz CT molecular complexity index is 984. The van der Waals surface area contributed by atoms with Crippen molar-refractivity contribution in [3.63, 3.8) is 0 Å². The number of hydrogen-bond donors (Lipinski definition) is 1. The molecule has 4 nitrogen and oxygen atoms in total. The summed E-state index contributed by atoms with van der Waals surface area (Å²) in [5, 5.41) is 4.68. The van der Waals surface area contributed by atoms with Crippen LogP contribution >= 0.6 is 11.6 Å². The highest BCUT2D eigenvalue weighted by molar-refractivity contribution is 6.31. The van der Waals surface area contributed by atoms with E-state index < -0.39 is 0 Å². The lowest BCUT2D eigenvalue weighted by Crippen LogP contribution is -2.24. The topological polar surface area (TPSA) is 45.2 Å². The zero-order valence-electron chi connectivity index (χ0n) is 14.1. The van der Waals surface area contributed by atoms with E-state index in [9.17, 15) is 4.79 Å². The standard InChI is InChI=1S/C20H18ClN3O/c1-24(2)14-5-6-15-16(11-20(25)23-19(15)10-14)18-7-3-12-9-13(21)4-8-17(12)22-18/h3-10,16H,11H2,1-2H3,(H,23,25). The van der Waals surface area contributed by atoms with Crippen molar-refractivity contribution >= 4 is 39.8 Å². The lowest BCUT2D eigenvalue weighted by atomic mass is 9.87. The summed E-state index contributed by atoms with van der Waals surface area (Å²) in [5.41, 5.74) is 4.82. The number of rotatable bonds is 2. The fourth-order valence-corrected chi connectivity index (χ4v) is 3.48. The van der Waals surface area contributed by atoms with E-state index >= 15 is 0 Å². The highest BCUT2D eigenvalue weighted by Crippen LogP contribution is 2.38. The second-order valence-electron chi connectivity index (χ2n) is 6.54. The molecule has 2 heterocycles. The van der Waals surface area contributed by atoms with Gasteiger partial charge in [-0.15, -0.1) is 0 Å². The van der Waals surface area contributed by atoms with Crippen LogP contribution < -0.4 is 10.2 Å². The van der Waals surface area contributed by atoms with Gasteiger partial charge in [0, 0.05) is 53.9 Å². The number of aromatic nitrogens is 1. The molecule has 0 fully saturated rings. The van der Waals surface area contributed by atoms with E-state index in [1.54, 1.807) is 0 Å². The Morgan fingerprint density at radius 2 is 1.96 bits per heavy atom. The molecule has 0 saturated carbocycles. The number of amides is 1. The summed E-state index contributed by atoms with van der Waals surface area (Å²) in [6.45, 7) is 0. The van der Waals surface area contributed by atoms with Crippen LogP contribution in [0.15, 0.2) is 48.5 Å². The van der Waals surface area contributed by atoms with Crippen LogP contribution in [0.25, 0.3) is 10.9 Å². The molecule has 2 aromatic carbocycles. The van der Waals surface area contributed by atoms with Crippen LogP contribution in [0.1, 0.15) is 23.6 Å². The zero-order chi connectivity index (χ0) is 17.6. The minimum Gasteiger partial charge on any atom is -0.378 e. The van der Waals surface area contributed by atoms with Gasteiger partial charge in [-0.1, -0.05) is 23.7 Å². The first-order valence-corrected chi connectivity index (χ1v) is 8.56. The summed E-state index contributed by atoms with van der Waals surface area (Å²) >= 11 is 6.05. The fraction of sp³-hybridized carbons (Fsp3) is 0.200. The van der Waals surface area contributed by atoms with Gasteiger partial charge in [0.05, 0.1) is 5.52 Å². The largest absolute Gasteiger partial charge is 0.378 e. The predicted molar refractivity (Wildman–Crippen MR) is 103 cm³/mol. The van der Waals surface area contributed by atoms with Crippen LogP contribution in [-0.2, 0) is 4.79 Å². The molecule has 3 aromatic rings. The minimum atomic E-state index is -0.0416. The normalized spacial score (nSPS) is 16.4. The number of nitrogens with zero attached hydrogens (tertiary/aromatic N) is 2. The van der Waals surface area contributed by atoms with Crippen molar-refractivity contribution < 1.29 is 4.79 Å². The van der Waals surface area contributed by atoms with Crippen molar-refractivity contribution in [3.05, 3.63) is 64.8 Å². The van der Waals surface area contributed by atoms with Crippen molar-refractivity contribution in [2.45, 2.75) is 12.3 Å². The molecule has 1 N–H and O–H groups in total. The molecule has 1 unspecified atom stereocenters. The van der Waals surface area contributed by atoms with Gasteiger partial charge in [0.25, 0.3) is 0 Å². The van der Waals surface area contributed by atoms with E-state index in [1.807, 2.05) is 55.4 Å². The number of benzene rings is 2. The summed E-state index contributed by atoms with van der Waals surface area (Å²) in [4.78, 5) is 19.0. The van der Waals surface area contributed by atoms with E-state index in [0.29, 0.717) is 11.4 Å². The first kappa shape index (κ1) is 15.9. The Morgan fingerprint density at radius 3 is 2.76 bits per heavy atom. The average Bonchev–Trinajstić information content (AvgIpc) is 2.59. The molecule has 126 valence electrons. The summed E-state index contributed by atoms with van der Waals surface area (Å²) in [5.74, 6) is -0.0218. The van der Waals surface area contributed by atoms with Crippen LogP contribution in [-0.4, -0.2) is 25.0 Å². The summed E-state index contributed by atoms with van der Waals surface area (Å²) < 4.78 is 0. The van der Waals surface area contributed by atoms with Crippen LogP contribution in [0, 0.1) is 0 Å². The molecule has 1 amide bonds. The molecule has 0 saturated heterocycles. The molecule has 5 heteroatoms. The van der Waals surface area contributed by atoms with Gasteiger partial charge < -0.3 is 10.2 Å². The van der Waals surface area contributed by atoms with Gasteiger partial charge in [0.2, 0.25) is 5.91 Å². The van der Waals surface area contributed by atoms with Crippen LogP contribution in [0.4, 0.5) is 11.4 Å². The van der Waals surface area contributed by atoms with E-state index in [4.69, 9.17) is 16.6 Å². The molecular formula is C20H18ClN3O. The Morgan fingerprint density at radius 1 is 1.12 bits per heavy atom. The molecule has 0 radical (unpaired) electrons. The number of nitrogens with one attached hydrogen (secondary N) is 1. The van der Waals surface area contributed by atoms with Crippen LogP contribution in [0.5, 0.6) is 0 Å². The molecule has 0 bridgehead atoms. The van der Waals surface area contributed by atoms with E-state index in [-0.39, 0.29) is 11.8 Å². The zero-order valence-corrected chi connectivity index (χ0v) is 14.8. The molecule has 25 heavy (non-hydrogen) atoms. The third kappa shape index (κ3) is 2.94. The number of carbonyl (C=O) groups excluding carboxylic acids is 1. The number of fused-ring (bicyclic) bond motifs is 2. The lowest BCUT2D eigenvalue weighted by Gasteiger charge is -2.27. The third-order valence-corrected chi connectivity index (χ3v) is 4.86. The number of hydrogen-bond acceptors (Lipinski definition) is 3. The quantitative estimate of drug-likeness (QED) is 0.743. The lowest BCUT2D eigenvalue weighted by molar-refractivity contribution is -0.116. The van der Waals surface area contributed by atoms with E-state index in [0.717, 1.165) is 33.5 Å². The van der Waals surface area contributed by atoms with Crippen molar-refractivity contribution in [1.29, 1.82) is 0 Å². The Kier molecular flexibility index (Phi) is 3.85. The molecule has 1 aromatic heterocycles. The molecule has 4 rings (SSSR count). The van der Waals surface area contributed by atoms with Crippen molar-refractivity contribution in [3.8, 4) is 0 Å². The molecular weight excluding hydrogens is 334 g/mol. The Labute approximate surface area is 151 Å². The Balaban J connectivity index is 1.81. The molecule has 1 aliphatic heterocycles. The highest BCUT2D eigenvalue weighted by Gasteiger charge is 2.28. The van der Waals surface area contributed by atoms with Gasteiger partial charge in [-0.3, -0.25) is 9.78 Å². The smallest absolute Gasteiger partial charge is 0.225 e. The number of carbonyl (C=O) groups is 1. The summed E-state index contributed by atoms with van der Waals surface area (Å²) in [6, 6.07) is 15.8. The van der Waals surface area contributed by atoms with Gasteiger partial charge >= 0.3 is 0 Å². The molecule has 1 aliphatic rings. The summed E-state index contributed by atoms with van der Waals surface area (Å²) in [6.07, 6.45) is 0.403. The molecule has 0 aliphatic carbocycles.